The smallest absolute Gasteiger partial charge is 0.251 e. The number of fused-ring (bicyclic) bond motifs is 1. The van der Waals surface area contributed by atoms with Crippen molar-refractivity contribution in [3.8, 4) is 6.07 Å². The van der Waals surface area contributed by atoms with E-state index in [0.29, 0.717) is 12.1 Å². The molecule has 0 unspecified atom stereocenters. The molecule has 1 aromatic heterocycles. The van der Waals surface area contributed by atoms with Crippen LogP contribution in [0.1, 0.15) is 24.2 Å². The van der Waals surface area contributed by atoms with Gasteiger partial charge in [0.05, 0.1) is 23.2 Å². The number of hydrogen-bond donors (Lipinski definition) is 2. The zero-order valence-corrected chi connectivity index (χ0v) is 10.3. The van der Waals surface area contributed by atoms with Gasteiger partial charge in [-0.05, 0) is 26.0 Å². The molecule has 18 heavy (non-hydrogen) atoms. The van der Waals surface area contributed by atoms with Crippen LogP contribution < -0.4 is 5.32 Å². The Morgan fingerprint density at radius 2 is 2.33 bits per heavy atom. The molecule has 0 aliphatic heterocycles. The number of hydrogen-bond acceptors (Lipinski definition) is 3. The van der Waals surface area contributed by atoms with E-state index in [1.54, 1.807) is 32.2 Å². The number of nitrogens with zero attached hydrogens (tertiary/aromatic N) is 2. The molecule has 92 valence electrons. The maximum atomic E-state index is 11.9. The topological polar surface area (TPSA) is 81.6 Å². The third-order valence-electron chi connectivity index (χ3n) is 2.70. The molecule has 2 rings (SSSR count). The molecule has 0 fully saturated rings. The SMILES string of the molecule is CC(C)(C#N)CNC(=O)c1ccc2cn[nH]c2c1. The first-order chi connectivity index (χ1) is 8.52. The van der Waals surface area contributed by atoms with Crippen LogP contribution in [0, 0.1) is 16.7 Å². The molecular weight excluding hydrogens is 228 g/mol. The zero-order chi connectivity index (χ0) is 13.2. The number of aromatic nitrogens is 2. The second-order valence-electron chi connectivity index (χ2n) is 4.85. The molecule has 0 bridgehead atoms. The Morgan fingerprint density at radius 3 is 3.06 bits per heavy atom. The van der Waals surface area contributed by atoms with Gasteiger partial charge in [0.25, 0.3) is 5.91 Å². The third-order valence-corrected chi connectivity index (χ3v) is 2.70. The summed E-state index contributed by atoms with van der Waals surface area (Å²) in [5.74, 6) is -0.185. The molecule has 0 radical (unpaired) electrons. The minimum Gasteiger partial charge on any atom is -0.350 e. The number of H-pyrrole nitrogens is 1. The van der Waals surface area contributed by atoms with E-state index in [1.165, 1.54) is 0 Å². The molecule has 2 aromatic rings. The molecule has 1 heterocycles. The highest BCUT2D eigenvalue weighted by molar-refractivity contribution is 5.97. The third kappa shape index (κ3) is 2.48. The van der Waals surface area contributed by atoms with Crippen LogP contribution in [0.15, 0.2) is 24.4 Å². The molecule has 2 N–H and O–H groups in total. The average molecular weight is 242 g/mol. The first-order valence-electron chi connectivity index (χ1n) is 5.64. The summed E-state index contributed by atoms with van der Waals surface area (Å²) in [6, 6.07) is 7.47. The van der Waals surface area contributed by atoms with Crippen molar-refractivity contribution in [3.63, 3.8) is 0 Å². The Labute approximate surface area is 105 Å². The van der Waals surface area contributed by atoms with Crippen LogP contribution in [-0.2, 0) is 0 Å². The summed E-state index contributed by atoms with van der Waals surface area (Å²) in [5.41, 5.74) is 0.816. The summed E-state index contributed by atoms with van der Waals surface area (Å²) in [6.45, 7) is 3.89. The Hall–Kier alpha value is -2.35. The minimum absolute atomic E-state index is 0.185. The summed E-state index contributed by atoms with van der Waals surface area (Å²) < 4.78 is 0. The number of nitriles is 1. The minimum atomic E-state index is -0.562. The first-order valence-corrected chi connectivity index (χ1v) is 5.64. The van der Waals surface area contributed by atoms with Gasteiger partial charge in [0.2, 0.25) is 0 Å². The fourth-order valence-electron chi connectivity index (χ4n) is 1.52. The van der Waals surface area contributed by atoms with Gasteiger partial charge in [-0.2, -0.15) is 10.4 Å². The van der Waals surface area contributed by atoms with Crippen molar-refractivity contribution in [2.75, 3.05) is 6.54 Å². The Kier molecular flexibility index (Phi) is 3.02. The highest BCUT2D eigenvalue weighted by Gasteiger charge is 2.18. The fraction of sp³-hybridized carbons (Fsp3) is 0.308. The number of aromatic amines is 1. The second-order valence-corrected chi connectivity index (χ2v) is 4.85. The Morgan fingerprint density at radius 1 is 1.56 bits per heavy atom. The van der Waals surface area contributed by atoms with Crippen LogP contribution >= 0.6 is 0 Å². The predicted molar refractivity (Wildman–Crippen MR) is 67.8 cm³/mol. The van der Waals surface area contributed by atoms with E-state index in [1.807, 2.05) is 6.07 Å². The van der Waals surface area contributed by atoms with Crippen molar-refractivity contribution in [1.29, 1.82) is 5.26 Å². The predicted octanol–water partition coefficient (Wildman–Crippen LogP) is 1.84. The largest absolute Gasteiger partial charge is 0.350 e. The van der Waals surface area contributed by atoms with Crippen molar-refractivity contribution in [3.05, 3.63) is 30.0 Å². The van der Waals surface area contributed by atoms with Crippen LogP contribution in [0.3, 0.4) is 0 Å². The lowest BCUT2D eigenvalue weighted by atomic mass is 9.96. The van der Waals surface area contributed by atoms with Crippen LogP contribution in [-0.4, -0.2) is 22.6 Å². The molecule has 5 nitrogen and oxygen atoms in total. The standard InChI is InChI=1S/C13H14N4O/c1-13(2,7-14)8-15-12(18)9-3-4-10-6-16-17-11(10)5-9/h3-6H,8H2,1-2H3,(H,15,18)(H,16,17). The summed E-state index contributed by atoms with van der Waals surface area (Å²) in [6.07, 6.45) is 1.70. The Bertz CT molecular complexity index is 621. The lowest BCUT2D eigenvalue weighted by molar-refractivity contribution is 0.0944. The number of benzene rings is 1. The van der Waals surface area contributed by atoms with Crippen molar-refractivity contribution in [1.82, 2.24) is 15.5 Å². The summed E-state index contributed by atoms with van der Waals surface area (Å²) >= 11 is 0. The van der Waals surface area contributed by atoms with E-state index >= 15 is 0 Å². The summed E-state index contributed by atoms with van der Waals surface area (Å²) in [7, 11) is 0. The molecule has 0 saturated heterocycles. The van der Waals surface area contributed by atoms with Crippen LogP contribution in [0.25, 0.3) is 10.9 Å². The van der Waals surface area contributed by atoms with E-state index < -0.39 is 5.41 Å². The van der Waals surface area contributed by atoms with E-state index in [2.05, 4.69) is 21.6 Å². The van der Waals surface area contributed by atoms with E-state index in [-0.39, 0.29) is 5.91 Å². The second kappa shape index (κ2) is 4.49. The van der Waals surface area contributed by atoms with Crippen molar-refractivity contribution < 1.29 is 4.79 Å². The molecule has 0 saturated carbocycles. The van der Waals surface area contributed by atoms with Crippen molar-refractivity contribution >= 4 is 16.8 Å². The molecule has 0 spiro atoms. The van der Waals surface area contributed by atoms with E-state index in [0.717, 1.165) is 10.9 Å². The quantitative estimate of drug-likeness (QED) is 0.861. The summed E-state index contributed by atoms with van der Waals surface area (Å²) in [4.78, 5) is 11.9. The molecule has 0 aliphatic rings. The van der Waals surface area contributed by atoms with Gasteiger partial charge in [-0.3, -0.25) is 9.89 Å². The van der Waals surface area contributed by atoms with Gasteiger partial charge in [0, 0.05) is 17.5 Å². The van der Waals surface area contributed by atoms with Gasteiger partial charge in [0.1, 0.15) is 0 Å². The van der Waals surface area contributed by atoms with Gasteiger partial charge < -0.3 is 5.32 Å². The lowest BCUT2D eigenvalue weighted by Gasteiger charge is -2.15. The van der Waals surface area contributed by atoms with Crippen molar-refractivity contribution in [2.45, 2.75) is 13.8 Å². The number of carbonyl (C=O) groups is 1. The summed E-state index contributed by atoms with van der Waals surface area (Å²) in [5, 5.41) is 19.3. The van der Waals surface area contributed by atoms with Crippen LogP contribution in [0.2, 0.25) is 0 Å². The monoisotopic (exact) mass is 242 g/mol. The molecule has 1 aromatic carbocycles. The number of amides is 1. The fourth-order valence-corrected chi connectivity index (χ4v) is 1.52. The first kappa shape index (κ1) is 12.1. The van der Waals surface area contributed by atoms with Crippen LogP contribution in [0.5, 0.6) is 0 Å². The number of rotatable bonds is 3. The average Bonchev–Trinajstić information content (AvgIpc) is 2.83. The Balaban J connectivity index is 2.11. The van der Waals surface area contributed by atoms with Gasteiger partial charge in [-0.1, -0.05) is 6.07 Å². The normalized spacial score (nSPS) is 11.2. The van der Waals surface area contributed by atoms with Gasteiger partial charge >= 0.3 is 0 Å². The number of nitrogens with one attached hydrogen (secondary N) is 2. The number of carbonyl (C=O) groups excluding carboxylic acids is 1. The highest BCUT2D eigenvalue weighted by Crippen LogP contribution is 2.14. The highest BCUT2D eigenvalue weighted by atomic mass is 16.1. The van der Waals surface area contributed by atoms with Gasteiger partial charge in [-0.15, -0.1) is 0 Å². The van der Waals surface area contributed by atoms with Gasteiger partial charge in [-0.25, -0.2) is 0 Å². The zero-order valence-electron chi connectivity index (χ0n) is 10.3. The lowest BCUT2D eigenvalue weighted by Crippen LogP contribution is -2.33. The van der Waals surface area contributed by atoms with E-state index in [9.17, 15) is 4.79 Å². The molecule has 5 heteroatoms. The molecule has 0 atom stereocenters. The molecular formula is C13H14N4O. The van der Waals surface area contributed by atoms with Crippen LogP contribution in [0.4, 0.5) is 0 Å². The van der Waals surface area contributed by atoms with Gasteiger partial charge in [0.15, 0.2) is 0 Å². The molecule has 1 amide bonds. The molecule has 0 aliphatic carbocycles. The maximum absolute atomic E-state index is 11.9. The van der Waals surface area contributed by atoms with Crippen molar-refractivity contribution in [2.24, 2.45) is 5.41 Å². The van der Waals surface area contributed by atoms with E-state index in [4.69, 9.17) is 5.26 Å². The maximum Gasteiger partial charge on any atom is 0.251 e.